The molecule has 0 saturated carbocycles. The summed E-state index contributed by atoms with van der Waals surface area (Å²) in [6, 6.07) is 16.7. The Hall–Kier alpha value is -1.37. The van der Waals surface area contributed by atoms with Crippen molar-refractivity contribution < 1.29 is 0 Å². The molecule has 0 aliphatic rings. The number of nitrogens with zero attached hydrogens (tertiary/aromatic N) is 2. The van der Waals surface area contributed by atoms with Crippen molar-refractivity contribution in [3.8, 4) is 0 Å². The maximum absolute atomic E-state index is 4.24. The van der Waals surface area contributed by atoms with Crippen LogP contribution in [0.5, 0.6) is 0 Å². The first-order chi connectivity index (χ1) is 11.2. The predicted octanol–water partition coefficient (Wildman–Crippen LogP) is 5.90. The fraction of sp³-hybridized carbons (Fsp3) is 0.176. The van der Waals surface area contributed by atoms with Crippen LogP contribution in [0, 0.1) is 0 Å². The quantitative estimate of drug-likeness (QED) is 0.518. The van der Waals surface area contributed by atoms with Crippen molar-refractivity contribution in [1.29, 1.82) is 0 Å². The zero-order chi connectivity index (χ0) is 16.1. The van der Waals surface area contributed by atoms with Crippen molar-refractivity contribution in [1.82, 2.24) is 10.2 Å². The van der Waals surface area contributed by atoms with E-state index in [0.29, 0.717) is 0 Å². The molecular formula is C17H16BrN3S2. The zero-order valence-corrected chi connectivity index (χ0v) is 15.8. The summed E-state index contributed by atoms with van der Waals surface area (Å²) in [6.07, 6.45) is 1.05. The van der Waals surface area contributed by atoms with Gasteiger partial charge >= 0.3 is 0 Å². The molecule has 0 saturated heterocycles. The molecule has 0 radical (unpaired) electrons. The predicted molar refractivity (Wildman–Crippen MR) is 103 cm³/mol. The summed E-state index contributed by atoms with van der Waals surface area (Å²) in [7, 11) is 0. The lowest BCUT2D eigenvalue weighted by Gasteiger charge is -2.02. The van der Waals surface area contributed by atoms with Crippen molar-refractivity contribution in [2.45, 2.75) is 23.4 Å². The van der Waals surface area contributed by atoms with E-state index < -0.39 is 0 Å². The number of aromatic nitrogens is 2. The van der Waals surface area contributed by atoms with E-state index in [1.165, 1.54) is 11.1 Å². The van der Waals surface area contributed by atoms with E-state index >= 15 is 0 Å². The average molecular weight is 406 g/mol. The Morgan fingerprint density at radius 2 is 1.87 bits per heavy atom. The van der Waals surface area contributed by atoms with Gasteiger partial charge in [0.15, 0.2) is 4.34 Å². The summed E-state index contributed by atoms with van der Waals surface area (Å²) in [5.41, 5.74) is 3.63. The Morgan fingerprint density at radius 1 is 1.09 bits per heavy atom. The van der Waals surface area contributed by atoms with E-state index in [1.807, 2.05) is 12.1 Å². The van der Waals surface area contributed by atoms with Crippen LogP contribution in [0.1, 0.15) is 18.1 Å². The van der Waals surface area contributed by atoms with Gasteiger partial charge in [-0.15, -0.1) is 10.2 Å². The minimum atomic E-state index is 0.823. The molecule has 3 aromatic rings. The number of hydrogen-bond acceptors (Lipinski definition) is 5. The van der Waals surface area contributed by atoms with Gasteiger partial charge in [-0.3, -0.25) is 0 Å². The first-order valence-electron chi connectivity index (χ1n) is 7.30. The molecule has 1 heterocycles. The number of hydrogen-bond donors (Lipinski definition) is 1. The van der Waals surface area contributed by atoms with Crippen molar-refractivity contribution in [2.75, 3.05) is 5.32 Å². The Kier molecular flexibility index (Phi) is 5.70. The standard InChI is InChI=1S/C17H16BrN3S2/c1-2-12-7-9-14(10-8-12)19-16-20-21-17(23-16)22-11-13-5-3-4-6-15(13)18/h3-10H,2,11H2,1H3,(H,19,20). The van der Waals surface area contributed by atoms with E-state index in [2.05, 4.69) is 74.8 Å². The summed E-state index contributed by atoms with van der Waals surface area (Å²) < 4.78 is 2.10. The van der Waals surface area contributed by atoms with E-state index in [9.17, 15) is 0 Å². The van der Waals surface area contributed by atoms with Gasteiger partial charge in [0.1, 0.15) is 0 Å². The highest BCUT2D eigenvalue weighted by Crippen LogP contribution is 2.31. The van der Waals surface area contributed by atoms with E-state index in [-0.39, 0.29) is 0 Å². The maximum Gasteiger partial charge on any atom is 0.210 e. The van der Waals surface area contributed by atoms with Gasteiger partial charge in [-0.05, 0) is 35.7 Å². The summed E-state index contributed by atoms with van der Waals surface area (Å²) >= 11 is 6.85. The molecule has 0 fully saturated rings. The second-order valence-corrected chi connectivity index (χ2v) is 7.98. The lowest BCUT2D eigenvalue weighted by Crippen LogP contribution is -1.89. The summed E-state index contributed by atoms with van der Waals surface area (Å²) in [6.45, 7) is 2.15. The molecule has 1 aromatic heterocycles. The van der Waals surface area contributed by atoms with Crippen LogP contribution in [0.15, 0.2) is 57.3 Å². The number of rotatable bonds is 6. The van der Waals surface area contributed by atoms with Crippen LogP contribution >= 0.6 is 39.0 Å². The SMILES string of the molecule is CCc1ccc(Nc2nnc(SCc3ccccc3Br)s2)cc1. The van der Waals surface area contributed by atoms with Gasteiger partial charge in [0.2, 0.25) is 5.13 Å². The number of aryl methyl sites for hydroxylation is 1. The molecule has 0 unspecified atom stereocenters. The molecule has 3 nitrogen and oxygen atoms in total. The van der Waals surface area contributed by atoms with E-state index in [0.717, 1.165) is 31.8 Å². The third-order valence-corrected chi connectivity index (χ3v) is 6.12. The van der Waals surface area contributed by atoms with Crippen LogP contribution in [-0.2, 0) is 12.2 Å². The lowest BCUT2D eigenvalue weighted by atomic mass is 10.1. The van der Waals surface area contributed by atoms with Gasteiger partial charge in [-0.1, -0.05) is 76.3 Å². The van der Waals surface area contributed by atoms with Crippen LogP contribution in [-0.4, -0.2) is 10.2 Å². The number of halogens is 1. The fourth-order valence-electron chi connectivity index (χ4n) is 2.02. The Bertz CT molecular complexity index is 772. The third-order valence-electron chi connectivity index (χ3n) is 3.33. The lowest BCUT2D eigenvalue weighted by molar-refractivity contribution is 1.01. The average Bonchev–Trinajstić information content (AvgIpc) is 3.02. The van der Waals surface area contributed by atoms with Gasteiger partial charge in [0.05, 0.1) is 0 Å². The van der Waals surface area contributed by atoms with Crippen LogP contribution in [0.4, 0.5) is 10.8 Å². The summed E-state index contributed by atoms with van der Waals surface area (Å²) in [5, 5.41) is 12.6. The molecule has 6 heteroatoms. The molecule has 2 aromatic carbocycles. The first-order valence-corrected chi connectivity index (χ1v) is 9.90. The minimum Gasteiger partial charge on any atom is -0.330 e. The second kappa shape index (κ2) is 7.95. The largest absolute Gasteiger partial charge is 0.330 e. The molecule has 1 N–H and O–H groups in total. The highest BCUT2D eigenvalue weighted by molar-refractivity contribution is 9.10. The second-order valence-electron chi connectivity index (χ2n) is 4.93. The molecular weight excluding hydrogens is 390 g/mol. The van der Waals surface area contributed by atoms with Crippen molar-refractivity contribution in [3.63, 3.8) is 0 Å². The van der Waals surface area contributed by atoms with Crippen LogP contribution < -0.4 is 5.32 Å². The molecule has 0 bridgehead atoms. The Morgan fingerprint density at radius 3 is 2.61 bits per heavy atom. The summed E-state index contributed by atoms with van der Waals surface area (Å²) in [5.74, 6) is 0.876. The van der Waals surface area contributed by atoms with Gasteiger partial charge in [0.25, 0.3) is 0 Å². The molecule has 0 amide bonds. The van der Waals surface area contributed by atoms with Gasteiger partial charge in [-0.25, -0.2) is 0 Å². The Labute approximate surface area is 152 Å². The normalized spacial score (nSPS) is 10.7. The summed E-state index contributed by atoms with van der Waals surface area (Å²) in [4.78, 5) is 0. The first kappa shape index (κ1) is 16.5. The van der Waals surface area contributed by atoms with Crippen molar-refractivity contribution in [2.24, 2.45) is 0 Å². The zero-order valence-electron chi connectivity index (χ0n) is 12.6. The van der Waals surface area contributed by atoms with Crippen LogP contribution in [0.3, 0.4) is 0 Å². The molecule has 0 spiro atoms. The molecule has 0 atom stereocenters. The van der Waals surface area contributed by atoms with Gasteiger partial charge in [0, 0.05) is 15.9 Å². The monoisotopic (exact) mass is 405 g/mol. The smallest absolute Gasteiger partial charge is 0.210 e. The molecule has 3 rings (SSSR count). The highest BCUT2D eigenvalue weighted by atomic mass is 79.9. The third kappa shape index (κ3) is 4.56. The number of thioether (sulfide) groups is 1. The fourth-order valence-corrected chi connectivity index (χ4v) is 4.41. The van der Waals surface area contributed by atoms with Crippen molar-refractivity contribution in [3.05, 3.63) is 64.1 Å². The molecule has 0 aliphatic heterocycles. The van der Waals surface area contributed by atoms with Crippen LogP contribution in [0.25, 0.3) is 0 Å². The molecule has 23 heavy (non-hydrogen) atoms. The maximum atomic E-state index is 4.24. The van der Waals surface area contributed by atoms with Gasteiger partial charge < -0.3 is 5.32 Å². The number of anilines is 2. The molecule has 0 aliphatic carbocycles. The van der Waals surface area contributed by atoms with E-state index in [4.69, 9.17) is 0 Å². The molecule has 118 valence electrons. The Balaban J connectivity index is 1.60. The highest BCUT2D eigenvalue weighted by Gasteiger charge is 2.07. The van der Waals surface area contributed by atoms with E-state index in [1.54, 1.807) is 23.1 Å². The number of benzene rings is 2. The number of nitrogens with one attached hydrogen (secondary N) is 1. The topological polar surface area (TPSA) is 37.8 Å². The van der Waals surface area contributed by atoms with Crippen LogP contribution in [0.2, 0.25) is 0 Å². The van der Waals surface area contributed by atoms with Gasteiger partial charge in [-0.2, -0.15) is 0 Å². The minimum absolute atomic E-state index is 0.823. The van der Waals surface area contributed by atoms with Crippen molar-refractivity contribution >= 4 is 49.8 Å².